The highest BCUT2D eigenvalue weighted by atomic mass is 35.5. The summed E-state index contributed by atoms with van der Waals surface area (Å²) < 4.78 is 2.38. The molecule has 0 bridgehead atoms. The number of rotatable bonds is 4. The number of alkyl halides is 1. The Kier molecular flexibility index (Phi) is 4.54. The van der Waals surface area contributed by atoms with Crippen LogP contribution in [0.3, 0.4) is 0 Å². The molecular formula is C20H22ClN3. The summed E-state index contributed by atoms with van der Waals surface area (Å²) in [5.74, 6) is 1.47. The van der Waals surface area contributed by atoms with E-state index in [2.05, 4.69) is 58.0 Å². The second kappa shape index (κ2) is 6.96. The van der Waals surface area contributed by atoms with Crippen molar-refractivity contribution in [1.29, 1.82) is 0 Å². The van der Waals surface area contributed by atoms with Crippen LogP contribution in [0, 0.1) is 0 Å². The highest BCUT2D eigenvalue weighted by Crippen LogP contribution is 2.30. The lowest BCUT2D eigenvalue weighted by atomic mass is 10.0. The van der Waals surface area contributed by atoms with Crippen LogP contribution in [0.25, 0.3) is 11.0 Å². The number of nitrogens with zero attached hydrogens (tertiary/aromatic N) is 3. The van der Waals surface area contributed by atoms with Gasteiger partial charge in [0, 0.05) is 25.7 Å². The highest BCUT2D eigenvalue weighted by molar-refractivity contribution is 6.16. The van der Waals surface area contributed by atoms with Crippen molar-refractivity contribution in [2.24, 2.45) is 0 Å². The number of halogens is 1. The maximum Gasteiger partial charge on any atom is 0.125 e. The van der Waals surface area contributed by atoms with Gasteiger partial charge >= 0.3 is 0 Å². The molecule has 1 fully saturated rings. The smallest absolute Gasteiger partial charge is 0.125 e. The van der Waals surface area contributed by atoms with E-state index in [0.29, 0.717) is 11.9 Å². The second-order valence-electron chi connectivity index (χ2n) is 6.51. The van der Waals surface area contributed by atoms with Crippen molar-refractivity contribution in [2.45, 2.75) is 31.3 Å². The molecule has 0 amide bonds. The van der Waals surface area contributed by atoms with Gasteiger partial charge in [0.1, 0.15) is 5.82 Å². The maximum atomic E-state index is 6.17. The van der Waals surface area contributed by atoms with E-state index in [4.69, 9.17) is 16.6 Å². The third kappa shape index (κ3) is 3.06. The largest absolute Gasteiger partial charge is 0.324 e. The van der Waals surface area contributed by atoms with Crippen LogP contribution < -0.4 is 0 Å². The molecule has 2 heterocycles. The standard InChI is InChI=1S/C20H22ClN3/c21-14-20-22-18-8-4-5-9-19(18)24(20)17-10-12-23(13-11-17)15-16-6-2-1-3-7-16/h1-9,17H,10-15H2. The molecule has 0 N–H and O–H groups in total. The number of piperidine rings is 1. The summed E-state index contributed by atoms with van der Waals surface area (Å²) in [7, 11) is 0. The molecule has 124 valence electrons. The normalized spacial score (nSPS) is 16.7. The average Bonchev–Trinajstić information content (AvgIpc) is 3.02. The molecule has 0 saturated carbocycles. The monoisotopic (exact) mass is 339 g/mol. The molecule has 0 aliphatic carbocycles. The van der Waals surface area contributed by atoms with Crippen LogP contribution in [-0.4, -0.2) is 27.5 Å². The summed E-state index contributed by atoms with van der Waals surface area (Å²) in [4.78, 5) is 7.26. The molecule has 24 heavy (non-hydrogen) atoms. The number of fused-ring (bicyclic) bond motifs is 1. The molecular weight excluding hydrogens is 318 g/mol. The van der Waals surface area contributed by atoms with E-state index in [1.54, 1.807) is 0 Å². The van der Waals surface area contributed by atoms with Crippen molar-refractivity contribution in [2.75, 3.05) is 13.1 Å². The number of para-hydroxylation sites is 2. The lowest BCUT2D eigenvalue weighted by molar-refractivity contribution is 0.180. The van der Waals surface area contributed by atoms with Gasteiger partial charge in [-0.05, 0) is 30.5 Å². The Bertz CT molecular complexity index is 804. The van der Waals surface area contributed by atoms with Crippen molar-refractivity contribution < 1.29 is 0 Å². The van der Waals surface area contributed by atoms with Crippen molar-refractivity contribution >= 4 is 22.6 Å². The fourth-order valence-corrected chi connectivity index (χ4v) is 3.96. The zero-order valence-corrected chi connectivity index (χ0v) is 14.5. The van der Waals surface area contributed by atoms with E-state index in [-0.39, 0.29) is 0 Å². The molecule has 0 unspecified atom stereocenters. The second-order valence-corrected chi connectivity index (χ2v) is 6.78. The number of benzene rings is 2. The first kappa shape index (κ1) is 15.7. The van der Waals surface area contributed by atoms with Gasteiger partial charge < -0.3 is 4.57 Å². The number of hydrogen-bond donors (Lipinski definition) is 0. The summed E-state index contributed by atoms with van der Waals surface area (Å²) in [6.45, 7) is 3.28. The third-order valence-electron chi connectivity index (χ3n) is 4.96. The maximum absolute atomic E-state index is 6.17. The first-order chi connectivity index (χ1) is 11.8. The minimum Gasteiger partial charge on any atom is -0.324 e. The molecule has 3 nitrogen and oxygen atoms in total. The van der Waals surface area contributed by atoms with Crippen LogP contribution in [0.1, 0.15) is 30.3 Å². The Balaban J connectivity index is 1.50. The molecule has 1 saturated heterocycles. The Morgan fingerprint density at radius 2 is 1.67 bits per heavy atom. The molecule has 1 aliphatic heterocycles. The van der Waals surface area contributed by atoms with E-state index >= 15 is 0 Å². The van der Waals surface area contributed by atoms with E-state index in [1.165, 1.54) is 11.1 Å². The predicted octanol–water partition coefficient (Wildman–Crippen LogP) is 4.61. The fourth-order valence-electron chi connectivity index (χ4n) is 3.77. The minimum absolute atomic E-state index is 0.471. The molecule has 3 aromatic rings. The topological polar surface area (TPSA) is 21.1 Å². The molecule has 4 rings (SSSR count). The van der Waals surface area contributed by atoms with Gasteiger partial charge in [-0.1, -0.05) is 42.5 Å². The Hall–Kier alpha value is -1.84. The first-order valence-electron chi connectivity index (χ1n) is 8.63. The number of imidazole rings is 1. The minimum atomic E-state index is 0.471. The fraction of sp³-hybridized carbons (Fsp3) is 0.350. The van der Waals surface area contributed by atoms with Gasteiger partial charge in [0.2, 0.25) is 0 Å². The van der Waals surface area contributed by atoms with Crippen molar-refractivity contribution in [3.05, 3.63) is 66.0 Å². The van der Waals surface area contributed by atoms with Crippen LogP contribution in [-0.2, 0) is 12.4 Å². The molecule has 0 spiro atoms. The van der Waals surface area contributed by atoms with E-state index in [0.717, 1.165) is 43.8 Å². The first-order valence-corrected chi connectivity index (χ1v) is 9.16. The summed E-state index contributed by atoms with van der Waals surface area (Å²) in [5, 5.41) is 0. The van der Waals surface area contributed by atoms with Crippen molar-refractivity contribution in [3.63, 3.8) is 0 Å². The Morgan fingerprint density at radius 3 is 2.42 bits per heavy atom. The van der Waals surface area contributed by atoms with Gasteiger partial charge in [-0.25, -0.2) is 4.98 Å². The third-order valence-corrected chi connectivity index (χ3v) is 5.20. The number of likely N-dealkylation sites (tertiary alicyclic amines) is 1. The molecule has 4 heteroatoms. The zero-order chi connectivity index (χ0) is 16.4. The molecule has 1 aliphatic rings. The van der Waals surface area contributed by atoms with E-state index < -0.39 is 0 Å². The van der Waals surface area contributed by atoms with Crippen LogP contribution in [0.15, 0.2) is 54.6 Å². The quantitative estimate of drug-likeness (QED) is 0.647. The van der Waals surface area contributed by atoms with Crippen LogP contribution in [0.2, 0.25) is 0 Å². The lowest BCUT2D eigenvalue weighted by Crippen LogP contribution is -2.34. The lowest BCUT2D eigenvalue weighted by Gasteiger charge is -2.33. The van der Waals surface area contributed by atoms with Gasteiger partial charge in [0.05, 0.1) is 16.9 Å². The highest BCUT2D eigenvalue weighted by Gasteiger charge is 2.24. The van der Waals surface area contributed by atoms with Gasteiger partial charge in [0.25, 0.3) is 0 Å². The number of aromatic nitrogens is 2. The summed E-state index contributed by atoms with van der Waals surface area (Å²) in [6.07, 6.45) is 2.30. The Labute approximate surface area is 147 Å². The Morgan fingerprint density at radius 1 is 0.958 bits per heavy atom. The predicted molar refractivity (Wildman–Crippen MR) is 99.3 cm³/mol. The summed E-state index contributed by atoms with van der Waals surface area (Å²) in [6, 6.07) is 19.6. The van der Waals surface area contributed by atoms with Gasteiger partial charge in [0.15, 0.2) is 0 Å². The SMILES string of the molecule is ClCc1nc2ccccc2n1C1CCN(Cc2ccccc2)CC1. The molecule has 0 radical (unpaired) electrons. The van der Waals surface area contributed by atoms with E-state index in [1.807, 2.05) is 6.07 Å². The molecule has 2 aromatic carbocycles. The summed E-state index contributed by atoms with van der Waals surface area (Å²) in [5.41, 5.74) is 3.67. The molecule has 0 atom stereocenters. The van der Waals surface area contributed by atoms with E-state index in [9.17, 15) is 0 Å². The van der Waals surface area contributed by atoms with Crippen LogP contribution in [0.5, 0.6) is 0 Å². The number of hydrogen-bond acceptors (Lipinski definition) is 2. The van der Waals surface area contributed by atoms with Gasteiger partial charge in [-0.15, -0.1) is 11.6 Å². The van der Waals surface area contributed by atoms with Crippen LogP contribution in [0.4, 0.5) is 0 Å². The zero-order valence-electron chi connectivity index (χ0n) is 13.7. The average molecular weight is 340 g/mol. The molecule has 1 aromatic heterocycles. The van der Waals surface area contributed by atoms with Gasteiger partial charge in [-0.2, -0.15) is 0 Å². The van der Waals surface area contributed by atoms with Crippen molar-refractivity contribution in [1.82, 2.24) is 14.5 Å². The summed E-state index contributed by atoms with van der Waals surface area (Å²) >= 11 is 6.17. The van der Waals surface area contributed by atoms with Crippen LogP contribution >= 0.6 is 11.6 Å². The van der Waals surface area contributed by atoms with Crippen molar-refractivity contribution in [3.8, 4) is 0 Å². The van der Waals surface area contributed by atoms with Gasteiger partial charge in [-0.3, -0.25) is 4.90 Å².